The molecule has 0 rings (SSSR count). The zero-order valence-corrected chi connectivity index (χ0v) is 8.43. The largest absolute Gasteiger partial charge is 0.401 e. The first-order valence-electron chi connectivity index (χ1n) is 4.42. The summed E-state index contributed by atoms with van der Waals surface area (Å²) in [4.78, 5) is 1.12. The third-order valence-corrected chi connectivity index (χ3v) is 1.85. The number of alkyl halides is 3. The fourth-order valence-corrected chi connectivity index (χ4v) is 1.08. The Kier molecular flexibility index (Phi) is 4.83. The molecular weight excluding hydrogens is 197 g/mol. The van der Waals surface area contributed by atoms with E-state index in [2.05, 4.69) is 0 Å². The number of aliphatic hydroxyl groups is 1. The lowest BCUT2D eigenvalue weighted by Crippen LogP contribution is -2.48. The van der Waals surface area contributed by atoms with Gasteiger partial charge in [0.25, 0.3) is 0 Å². The van der Waals surface area contributed by atoms with Gasteiger partial charge in [-0.2, -0.15) is 13.2 Å². The summed E-state index contributed by atoms with van der Waals surface area (Å²) in [5.74, 6) is 0. The summed E-state index contributed by atoms with van der Waals surface area (Å²) in [5.41, 5.74) is 3.95. The molecular formula is C8H17F3N2O. The van der Waals surface area contributed by atoms with E-state index in [0.717, 1.165) is 4.90 Å². The summed E-state index contributed by atoms with van der Waals surface area (Å²) in [6, 6.07) is 0. The Labute approximate surface area is 81.7 Å². The molecule has 86 valence electrons. The van der Waals surface area contributed by atoms with E-state index in [4.69, 9.17) is 5.73 Å². The molecule has 0 aromatic carbocycles. The van der Waals surface area contributed by atoms with Crippen molar-refractivity contribution in [3.63, 3.8) is 0 Å². The first-order chi connectivity index (χ1) is 6.20. The van der Waals surface area contributed by atoms with Crippen LogP contribution in [0.25, 0.3) is 0 Å². The molecule has 0 aliphatic rings. The molecule has 14 heavy (non-hydrogen) atoms. The summed E-state index contributed by atoms with van der Waals surface area (Å²) < 4.78 is 36.1. The second kappa shape index (κ2) is 4.95. The number of nitrogens with zero attached hydrogens (tertiary/aromatic N) is 1. The number of hydrogen-bond acceptors (Lipinski definition) is 3. The van der Waals surface area contributed by atoms with Crippen molar-refractivity contribution in [1.29, 1.82) is 0 Å². The van der Waals surface area contributed by atoms with Gasteiger partial charge in [0.05, 0.1) is 12.1 Å². The predicted octanol–water partition coefficient (Wildman–Crippen LogP) is 0.580. The maximum Gasteiger partial charge on any atom is 0.401 e. The fourth-order valence-electron chi connectivity index (χ4n) is 1.08. The van der Waals surface area contributed by atoms with E-state index in [9.17, 15) is 18.3 Å². The topological polar surface area (TPSA) is 49.5 Å². The number of hydrogen-bond donors (Lipinski definition) is 2. The van der Waals surface area contributed by atoms with Crippen molar-refractivity contribution < 1.29 is 18.3 Å². The molecule has 3 nitrogen and oxygen atoms in total. The molecule has 0 aromatic heterocycles. The highest BCUT2D eigenvalue weighted by Gasteiger charge is 2.32. The van der Waals surface area contributed by atoms with Crippen LogP contribution < -0.4 is 5.73 Å². The normalized spacial score (nSPS) is 17.1. The van der Waals surface area contributed by atoms with Crippen molar-refractivity contribution in [2.75, 3.05) is 26.2 Å². The minimum Gasteiger partial charge on any atom is -0.388 e. The molecule has 6 heteroatoms. The van der Waals surface area contributed by atoms with Crippen LogP contribution in [0.4, 0.5) is 13.2 Å². The standard InChI is InChI=1S/C8H17F3N2O/c1-3-13(6-8(9,10)11)5-7(2,14)4-12/h14H,3-6,12H2,1-2H3. The van der Waals surface area contributed by atoms with Crippen LogP contribution in [-0.4, -0.2) is 48.0 Å². The third kappa shape index (κ3) is 6.17. The van der Waals surface area contributed by atoms with E-state index in [1.165, 1.54) is 6.92 Å². The summed E-state index contributed by atoms with van der Waals surface area (Å²) in [6.07, 6.45) is -4.24. The predicted molar refractivity (Wildman–Crippen MR) is 47.8 cm³/mol. The quantitative estimate of drug-likeness (QED) is 0.704. The van der Waals surface area contributed by atoms with Crippen LogP contribution in [0.5, 0.6) is 0 Å². The average Bonchev–Trinajstić information content (AvgIpc) is 2.00. The smallest absolute Gasteiger partial charge is 0.388 e. The second-order valence-electron chi connectivity index (χ2n) is 3.62. The Morgan fingerprint density at radius 2 is 1.79 bits per heavy atom. The van der Waals surface area contributed by atoms with Gasteiger partial charge in [0, 0.05) is 13.1 Å². The second-order valence-corrected chi connectivity index (χ2v) is 3.62. The third-order valence-electron chi connectivity index (χ3n) is 1.85. The molecule has 1 unspecified atom stereocenters. The first kappa shape index (κ1) is 13.7. The number of likely N-dealkylation sites (N-methyl/N-ethyl adjacent to an activating group) is 1. The van der Waals surface area contributed by atoms with Gasteiger partial charge in [0.2, 0.25) is 0 Å². The molecule has 0 heterocycles. The molecule has 0 aliphatic heterocycles. The van der Waals surface area contributed by atoms with E-state index in [1.807, 2.05) is 0 Å². The Morgan fingerprint density at radius 1 is 1.29 bits per heavy atom. The molecule has 0 fully saturated rings. The van der Waals surface area contributed by atoms with Crippen molar-refractivity contribution >= 4 is 0 Å². The first-order valence-corrected chi connectivity index (χ1v) is 4.42. The Bertz CT molecular complexity index is 170. The van der Waals surface area contributed by atoms with Crippen LogP contribution in [0.15, 0.2) is 0 Å². The van der Waals surface area contributed by atoms with Gasteiger partial charge in [-0.05, 0) is 13.5 Å². The van der Waals surface area contributed by atoms with Gasteiger partial charge < -0.3 is 10.8 Å². The minimum absolute atomic E-state index is 0.0542. The average molecular weight is 214 g/mol. The molecule has 0 bridgehead atoms. The van der Waals surface area contributed by atoms with Crippen molar-refractivity contribution in [3.05, 3.63) is 0 Å². The van der Waals surface area contributed by atoms with E-state index in [0.29, 0.717) is 0 Å². The molecule has 0 saturated carbocycles. The van der Waals surface area contributed by atoms with E-state index < -0.39 is 18.3 Å². The van der Waals surface area contributed by atoms with Gasteiger partial charge in [0.15, 0.2) is 0 Å². The molecule has 3 N–H and O–H groups in total. The van der Waals surface area contributed by atoms with Gasteiger partial charge in [0.1, 0.15) is 0 Å². The summed E-state index contributed by atoms with van der Waals surface area (Å²) in [5, 5.41) is 9.49. The van der Waals surface area contributed by atoms with Crippen molar-refractivity contribution in [2.45, 2.75) is 25.6 Å². The molecule has 1 atom stereocenters. The molecule has 0 aliphatic carbocycles. The Morgan fingerprint density at radius 3 is 2.07 bits per heavy atom. The minimum atomic E-state index is -4.24. The van der Waals surface area contributed by atoms with Crippen LogP contribution >= 0.6 is 0 Å². The van der Waals surface area contributed by atoms with E-state index in [1.54, 1.807) is 6.92 Å². The number of nitrogens with two attached hydrogens (primary N) is 1. The molecule has 0 amide bonds. The lowest BCUT2D eigenvalue weighted by Gasteiger charge is -2.30. The van der Waals surface area contributed by atoms with Crippen LogP contribution in [0.3, 0.4) is 0 Å². The molecule has 0 aromatic rings. The van der Waals surface area contributed by atoms with Crippen LogP contribution in [-0.2, 0) is 0 Å². The van der Waals surface area contributed by atoms with Gasteiger partial charge in [-0.3, -0.25) is 4.90 Å². The molecule has 0 spiro atoms. The monoisotopic (exact) mass is 214 g/mol. The summed E-state index contributed by atoms with van der Waals surface area (Å²) >= 11 is 0. The molecule has 0 saturated heterocycles. The zero-order chi connectivity index (χ0) is 11.4. The van der Waals surface area contributed by atoms with Crippen LogP contribution in [0.2, 0.25) is 0 Å². The van der Waals surface area contributed by atoms with E-state index in [-0.39, 0.29) is 19.6 Å². The zero-order valence-electron chi connectivity index (χ0n) is 8.43. The van der Waals surface area contributed by atoms with Gasteiger partial charge >= 0.3 is 6.18 Å². The lowest BCUT2D eigenvalue weighted by molar-refractivity contribution is -0.150. The molecule has 0 radical (unpaired) electrons. The van der Waals surface area contributed by atoms with Gasteiger partial charge in [-0.1, -0.05) is 6.92 Å². The highest BCUT2D eigenvalue weighted by molar-refractivity contribution is 4.78. The van der Waals surface area contributed by atoms with Gasteiger partial charge in [-0.25, -0.2) is 0 Å². The number of halogens is 3. The van der Waals surface area contributed by atoms with Crippen molar-refractivity contribution in [1.82, 2.24) is 4.90 Å². The Hall–Kier alpha value is -0.330. The highest BCUT2D eigenvalue weighted by Crippen LogP contribution is 2.17. The van der Waals surface area contributed by atoms with Crippen LogP contribution in [0.1, 0.15) is 13.8 Å². The summed E-state index contributed by atoms with van der Waals surface area (Å²) in [7, 11) is 0. The lowest BCUT2D eigenvalue weighted by atomic mass is 10.1. The SMILES string of the molecule is CCN(CC(F)(F)F)CC(C)(O)CN. The maximum absolute atomic E-state index is 12.0. The van der Waals surface area contributed by atoms with Crippen molar-refractivity contribution in [2.24, 2.45) is 5.73 Å². The van der Waals surface area contributed by atoms with Crippen LogP contribution in [0, 0.1) is 0 Å². The Balaban J connectivity index is 4.17. The highest BCUT2D eigenvalue weighted by atomic mass is 19.4. The van der Waals surface area contributed by atoms with E-state index >= 15 is 0 Å². The van der Waals surface area contributed by atoms with Crippen molar-refractivity contribution in [3.8, 4) is 0 Å². The maximum atomic E-state index is 12.0. The fraction of sp³-hybridized carbons (Fsp3) is 1.00. The number of rotatable bonds is 5. The summed E-state index contributed by atoms with van der Waals surface area (Å²) in [6.45, 7) is 2.13. The van der Waals surface area contributed by atoms with Gasteiger partial charge in [-0.15, -0.1) is 0 Å².